The molecule has 1 saturated carbocycles. The predicted octanol–water partition coefficient (Wildman–Crippen LogP) is 2.82. The zero-order valence-corrected chi connectivity index (χ0v) is 11.2. The highest BCUT2D eigenvalue weighted by Gasteiger charge is 2.13. The predicted molar refractivity (Wildman–Crippen MR) is 79.8 cm³/mol. The lowest BCUT2D eigenvalue weighted by Gasteiger charge is -2.23. The van der Waals surface area contributed by atoms with Crippen molar-refractivity contribution in [3.05, 3.63) is 35.9 Å². The molecule has 0 amide bonds. The Bertz CT molecular complexity index is 397. The van der Waals surface area contributed by atoms with Crippen LogP contribution in [0.25, 0.3) is 0 Å². The molecule has 1 aliphatic carbocycles. The molecule has 4 heteroatoms. The van der Waals surface area contributed by atoms with Gasteiger partial charge in [-0.1, -0.05) is 49.6 Å². The van der Waals surface area contributed by atoms with Gasteiger partial charge in [0.15, 0.2) is 5.11 Å². The molecule has 0 bridgehead atoms. The molecule has 1 aromatic rings. The number of benzene rings is 1. The quantitative estimate of drug-likeness (QED) is 0.499. The summed E-state index contributed by atoms with van der Waals surface area (Å²) in [6.07, 6.45) is 8.15. The minimum atomic E-state index is 0.519. The average Bonchev–Trinajstić information content (AvgIpc) is 2.41. The summed E-state index contributed by atoms with van der Waals surface area (Å²) in [5.41, 5.74) is 3.93. The van der Waals surface area contributed by atoms with Crippen LogP contribution in [-0.2, 0) is 0 Å². The van der Waals surface area contributed by atoms with Crippen molar-refractivity contribution in [3.8, 4) is 0 Å². The molecule has 0 saturated heterocycles. The van der Waals surface area contributed by atoms with Crippen LogP contribution in [0.2, 0.25) is 0 Å². The van der Waals surface area contributed by atoms with E-state index in [9.17, 15) is 0 Å². The van der Waals surface area contributed by atoms with E-state index in [1.807, 2.05) is 30.3 Å². The first-order valence-corrected chi connectivity index (χ1v) is 6.90. The van der Waals surface area contributed by atoms with Gasteiger partial charge in [-0.15, -0.1) is 0 Å². The fourth-order valence-corrected chi connectivity index (χ4v) is 2.39. The van der Waals surface area contributed by atoms with E-state index in [-0.39, 0.29) is 0 Å². The van der Waals surface area contributed by atoms with Crippen LogP contribution >= 0.6 is 12.2 Å². The van der Waals surface area contributed by atoms with Crippen LogP contribution in [0, 0.1) is 0 Å². The SMILES string of the molecule is S=C(NN=Cc1ccccc1)NC1CCCCC1. The third-order valence-electron chi connectivity index (χ3n) is 3.12. The highest BCUT2D eigenvalue weighted by Crippen LogP contribution is 2.17. The maximum Gasteiger partial charge on any atom is 0.187 e. The van der Waals surface area contributed by atoms with Crippen molar-refractivity contribution < 1.29 is 0 Å². The average molecular weight is 261 g/mol. The normalized spacial score (nSPS) is 16.7. The zero-order valence-electron chi connectivity index (χ0n) is 10.4. The zero-order chi connectivity index (χ0) is 12.6. The number of nitrogens with one attached hydrogen (secondary N) is 2. The molecule has 1 aromatic carbocycles. The number of nitrogens with zero attached hydrogens (tertiary/aromatic N) is 1. The van der Waals surface area contributed by atoms with Crippen molar-refractivity contribution in [2.24, 2.45) is 5.10 Å². The molecule has 2 N–H and O–H groups in total. The molecule has 0 aromatic heterocycles. The van der Waals surface area contributed by atoms with Gasteiger partial charge in [0.05, 0.1) is 6.21 Å². The number of hydrogen-bond donors (Lipinski definition) is 2. The second-order valence-corrected chi connectivity index (χ2v) is 5.00. The van der Waals surface area contributed by atoms with E-state index in [0.717, 1.165) is 5.56 Å². The van der Waals surface area contributed by atoms with Crippen LogP contribution in [0.3, 0.4) is 0 Å². The van der Waals surface area contributed by atoms with Crippen molar-refractivity contribution in [3.63, 3.8) is 0 Å². The maximum atomic E-state index is 5.21. The van der Waals surface area contributed by atoms with E-state index in [1.54, 1.807) is 6.21 Å². The van der Waals surface area contributed by atoms with Gasteiger partial charge in [-0.25, -0.2) is 0 Å². The van der Waals surface area contributed by atoms with E-state index >= 15 is 0 Å². The third-order valence-corrected chi connectivity index (χ3v) is 3.33. The molecule has 1 aliphatic rings. The monoisotopic (exact) mass is 261 g/mol. The molecule has 0 aliphatic heterocycles. The van der Waals surface area contributed by atoms with Crippen LogP contribution in [0.4, 0.5) is 0 Å². The lowest BCUT2D eigenvalue weighted by Crippen LogP contribution is -2.40. The van der Waals surface area contributed by atoms with E-state index in [1.165, 1.54) is 32.1 Å². The maximum absolute atomic E-state index is 5.21. The molecular weight excluding hydrogens is 242 g/mol. The summed E-state index contributed by atoms with van der Waals surface area (Å²) >= 11 is 5.21. The second-order valence-electron chi connectivity index (χ2n) is 4.59. The van der Waals surface area contributed by atoms with E-state index in [4.69, 9.17) is 12.2 Å². The van der Waals surface area contributed by atoms with Crippen molar-refractivity contribution >= 4 is 23.5 Å². The fourth-order valence-electron chi connectivity index (χ4n) is 2.17. The molecule has 0 spiro atoms. The van der Waals surface area contributed by atoms with Gasteiger partial charge < -0.3 is 5.32 Å². The lowest BCUT2D eigenvalue weighted by atomic mass is 9.96. The number of hydrogen-bond acceptors (Lipinski definition) is 2. The van der Waals surface area contributed by atoms with Gasteiger partial charge in [0, 0.05) is 6.04 Å². The van der Waals surface area contributed by atoms with Crippen molar-refractivity contribution in [1.29, 1.82) is 0 Å². The van der Waals surface area contributed by atoms with Gasteiger partial charge >= 0.3 is 0 Å². The first-order valence-electron chi connectivity index (χ1n) is 6.49. The summed E-state index contributed by atoms with van der Waals surface area (Å²) < 4.78 is 0. The van der Waals surface area contributed by atoms with E-state index < -0.39 is 0 Å². The lowest BCUT2D eigenvalue weighted by molar-refractivity contribution is 0.412. The Balaban J connectivity index is 1.72. The largest absolute Gasteiger partial charge is 0.359 e. The van der Waals surface area contributed by atoms with Crippen molar-refractivity contribution in [2.45, 2.75) is 38.1 Å². The first kappa shape index (κ1) is 13.0. The summed E-state index contributed by atoms with van der Waals surface area (Å²) in [6.45, 7) is 0. The Morgan fingerprint density at radius 1 is 1.17 bits per heavy atom. The minimum Gasteiger partial charge on any atom is -0.359 e. The first-order chi connectivity index (χ1) is 8.84. The van der Waals surface area contributed by atoms with Crippen LogP contribution in [0.1, 0.15) is 37.7 Å². The van der Waals surface area contributed by atoms with Gasteiger partial charge in [0.1, 0.15) is 0 Å². The Morgan fingerprint density at radius 3 is 2.61 bits per heavy atom. The molecule has 18 heavy (non-hydrogen) atoms. The minimum absolute atomic E-state index is 0.519. The van der Waals surface area contributed by atoms with Crippen LogP contribution in [0.15, 0.2) is 35.4 Å². The highest BCUT2D eigenvalue weighted by molar-refractivity contribution is 7.80. The molecule has 0 radical (unpaired) electrons. The van der Waals surface area contributed by atoms with Crippen LogP contribution in [0.5, 0.6) is 0 Å². The van der Waals surface area contributed by atoms with E-state index in [2.05, 4.69) is 15.8 Å². The Kier molecular flexibility index (Phi) is 5.15. The Morgan fingerprint density at radius 2 is 1.89 bits per heavy atom. The molecular formula is C14H19N3S. The molecule has 0 unspecified atom stereocenters. The smallest absolute Gasteiger partial charge is 0.187 e. The summed E-state index contributed by atoms with van der Waals surface area (Å²) in [5.74, 6) is 0. The second kappa shape index (κ2) is 7.11. The van der Waals surface area contributed by atoms with Crippen molar-refractivity contribution in [1.82, 2.24) is 10.7 Å². The number of rotatable bonds is 3. The summed E-state index contributed by atoms with van der Waals surface area (Å²) in [7, 11) is 0. The fraction of sp³-hybridized carbons (Fsp3) is 0.429. The number of hydrazone groups is 1. The number of thiocarbonyl (C=S) groups is 1. The molecule has 0 atom stereocenters. The van der Waals surface area contributed by atoms with Gasteiger partial charge in [0.25, 0.3) is 0 Å². The summed E-state index contributed by atoms with van der Waals surface area (Å²) in [4.78, 5) is 0. The third kappa shape index (κ3) is 4.45. The molecule has 2 rings (SSSR count). The van der Waals surface area contributed by atoms with Gasteiger partial charge in [-0.2, -0.15) is 5.10 Å². The van der Waals surface area contributed by atoms with E-state index in [0.29, 0.717) is 11.2 Å². The molecule has 3 nitrogen and oxygen atoms in total. The standard InChI is InChI=1S/C14H19N3S/c18-14(16-13-9-5-2-6-10-13)17-15-11-12-7-3-1-4-8-12/h1,3-4,7-8,11,13H,2,5-6,9-10H2,(H2,16,17,18). The molecule has 96 valence electrons. The highest BCUT2D eigenvalue weighted by atomic mass is 32.1. The topological polar surface area (TPSA) is 36.4 Å². The van der Waals surface area contributed by atoms with Gasteiger partial charge in [-0.05, 0) is 30.6 Å². The molecule has 0 heterocycles. The van der Waals surface area contributed by atoms with Gasteiger partial charge in [-0.3, -0.25) is 5.43 Å². The Hall–Kier alpha value is -1.42. The summed E-state index contributed by atoms with van der Waals surface area (Å²) in [6, 6.07) is 10.5. The van der Waals surface area contributed by atoms with Crippen molar-refractivity contribution in [2.75, 3.05) is 0 Å². The summed E-state index contributed by atoms with van der Waals surface area (Å²) in [5, 5.41) is 8.06. The van der Waals surface area contributed by atoms with Crippen LogP contribution in [-0.4, -0.2) is 17.4 Å². The van der Waals surface area contributed by atoms with Crippen LogP contribution < -0.4 is 10.7 Å². The van der Waals surface area contributed by atoms with Gasteiger partial charge in [0.2, 0.25) is 0 Å². The Labute approximate surface area is 114 Å². The molecule has 1 fully saturated rings.